The van der Waals surface area contributed by atoms with Crippen LogP contribution < -0.4 is 0 Å². The van der Waals surface area contributed by atoms with Gasteiger partial charge in [-0.1, -0.05) is 30.3 Å². The van der Waals surface area contributed by atoms with Crippen molar-refractivity contribution in [3.05, 3.63) is 47.8 Å². The second-order valence-corrected chi connectivity index (χ2v) is 2.92. The first kappa shape index (κ1) is 8.62. The first-order chi connectivity index (χ1) is 6.92. The predicted molar refractivity (Wildman–Crippen MR) is 50.7 cm³/mol. The fraction of sp³-hybridized carbons (Fsp3) is 0.100. The molecule has 1 aromatic heterocycles. The number of aromatic nitrogens is 3. The quantitative estimate of drug-likeness (QED) is 0.733. The first-order valence-corrected chi connectivity index (χ1v) is 4.27. The number of H-pyrrole nitrogens is 1. The maximum absolute atomic E-state index is 10.9. The summed E-state index contributed by atoms with van der Waals surface area (Å²) in [5.74, 6) is -0.324. The van der Waals surface area contributed by atoms with E-state index in [2.05, 4.69) is 15.4 Å². The number of hydrogen-bond acceptors (Lipinski definition) is 3. The van der Waals surface area contributed by atoms with Crippen molar-refractivity contribution in [2.45, 2.75) is 5.92 Å². The Hall–Kier alpha value is -1.97. The van der Waals surface area contributed by atoms with Gasteiger partial charge in [-0.3, -0.25) is 0 Å². The average Bonchev–Trinajstić information content (AvgIpc) is 2.74. The monoisotopic (exact) mass is 187 g/mol. The SMILES string of the molecule is O=CC(c1ccccc1)c1cn[nH]n1. The van der Waals surface area contributed by atoms with Gasteiger partial charge in [0.15, 0.2) is 0 Å². The second kappa shape index (κ2) is 3.83. The maximum Gasteiger partial charge on any atom is 0.133 e. The molecular formula is C10H9N3O. The maximum atomic E-state index is 10.9. The summed E-state index contributed by atoms with van der Waals surface area (Å²) in [4.78, 5) is 10.9. The van der Waals surface area contributed by atoms with Crippen LogP contribution in [-0.4, -0.2) is 21.7 Å². The van der Waals surface area contributed by atoms with E-state index in [9.17, 15) is 4.79 Å². The van der Waals surface area contributed by atoms with Gasteiger partial charge in [0.05, 0.1) is 17.8 Å². The minimum Gasteiger partial charge on any atom is -0.302 e. The zero-order valence-corrected chi connectivity index (χ0v) is 7.42. The minimum atomic E-state index is -0.324. The van der Waals surface area contributed by atoms with E-state index in [0.717, 1.165) is 11.8 Å². The van der Waals surface area contributed by atoms with Crippen molar-refractivity contribution in [1.29, 1.82) is 0 Å². The summed E-state index contributed by atoms with van der Waals surface area (Å²) in [6.07, 6.45) is 2.43. The van der Waals surface area contributed by atoms with E-state index in [0.29, 0.717) is 5.69 Å². The van der Waals surface area contributed by atoms with Gasteiger partial charge in [0.1, 0.15) is 6.29 Å². The molecule has 1 aromatic carbocycles. The van der Waals surface area contributed by atoms with Crippen molar-refractivity contribution in [1.82, 2.24) is 15.4 Å². The summed E-state index contributed by atoms with van der Waals surface area (Å²) in [6.45, 7) is 0. The predicted octanol–water partition coefficient (Wildman–Crippen LogP) is 1.14. The molecule has 0 saturated heterocycles. The van der Waals surface area contributed by atoms with E-state index >= 15 is 0 Å². The molecule has 0 fully saturated rings. The molecule has 0 radical (unpaired) electrons. The van der Waals surface area contributed by atoms with Crippen LogP contribution in [0.3, 0.4) is 0 Å². The lowest BCUT2D eigenvalue weighted by molar-refractivity contribution is -0.108. The third kappa shape index (κ3) is 1.54. The van der Waals surface area contributed by atoms with E-state index in [1.165, 1.54) is 0 Å². The highest BCUT2D eigenvalue weighted by Gasteiger charge is 2.14. The summed E-state index contributed by atoms with van der Waals surface area (Å²) in [6, 6.07) is 9.49. The highest BCUT2D eigenvalue weighted by atomic mass is 16.1. The third-order valence-electron chi connectivity index (χ3n) is 2.05. The molecule has 0 spiro atoms. The molecule has 0 aliphatic heterocycles. The number of carbonyl (C=O) groups is 1. The Morgan fingerprint density at radius 3 is 2.64 bits per heavy atom. The Balaban J connectivity index is 2.36. The zero-order valence-electron chi connectivity index (χ0n) is 7.42. The van der Waals surface area contributed by atoms with Gasteiger partial charge in [-0.2, -0.15) is 15.4 Å². The summed E-state index contributed by atoms with van der Waals surface area (Å²) in [7, 11) is 0. The van der Waals surface area contributed by atoms with Crippen LogP contribution in [0.1, 0.15) is 17.2 Å². The number of nitrogens with one attached hydrogen (secondary N) is 1. The molecule has 1 atom stereocenters. The van der Waals surface area contributed by atoms with Gasteiger partial charge in [-0.15, -0.1) is 0 Å². The molecule has 1 unspecified atom stereocenters. The van der Waals surface area contributed by atoms with Gasteiger partial charge in [0.25, 0.3) is 0 Å². The lowest BCUT2D eigenvalue weighted by Gasteiger charge is -2.05. The molecule has 2 rings (SSSR count). The normalized spacial score (nSPS) is 12.3. The number of aromatic amines is 1. The second-order valence-electron chi connectivity index (χ2n) is 2.92. The zero-order chi connectivity index (χ0) is 9.80. The Morgan fingerprint density at radius 1 is 1.29 bits per heavy atom. The molecular weight excluding hydrogens is 178 g/mol. The highest BCUT2D eigenvalue weighted by molar-refractivity contribution is 5.66. The third-order valence-corrected chi connectivity index (χ3v) is 2.05. The number of nitrogens with zero attached hydrogens (tertiary/aromatic N) is 2. The van der Waals surface area contributed by atoms with Crippen molar-refractivity contribution in [2.24, 2.45) is 0 Å². The molecule has 1 N–H and O–H groups in total. The lowest BCUT2D eigenvalue weighted by Crippen LogP contribution is -2.02. The van der Waals surface area contributed by atoms with E-state index in [1.54, 1.807) is 6.20 Å². The number of hydrogen-bond donors (Lipinski definition) is 1. The van der Waals surface area contributed by atoms with Crippen molar-refractivity contribution in [3.8, 4) is 0 Å². The van der Waals surface area contributed by atoms with Crippen LogP contribution in [0.25, 0.3) is 0 Å². The van der Waals surface area contributed by atoms with Crippen LogP contribution in [0.2, 0.25) is 0 Å². The molecule has 4 heteroatoms. The van der Waals surface area contributed by atoms with E-state index in [1.807, 2.05) is 30.3 Å². The fourth-order valence-corrected chi connectivity index (χ4v) is 1.34. The molecule has 0 aliphatic carbocycles. The summed E-state index contributed by atoms with van der Waals surface area (Å²) >= 11 is 0. The van der Waals surface area contributed by atoms with E-state index < -0.39 is 0 Å². The minimum absolute atomic E-state index is 0.324. The van der Waals surface area contributed by atoms with Crippen LogP contribution in [0, 0.1) is 0 Å². The number of aldehydes is 1. The Kier molecular flexibility index (Phi) is 2.36. The number of rotatable bonds is 3. The fourth-order valence-electron chi connectivity index (χ4n) is 1.34. The Morgan fingerprint density at radius 2 is 2.07 bits per heavy atom. The first-order valence-electron chi connectivity index (χ1n) is 4.27. The molecule has 2 aromatic rings. The molecule has 14 heavy (non-hydrogen) atoms. The number of benzene rings is 1. The van der Waals surface area contributed by atoms with Crippen LogP contribution in [0.4, 0.5) is 0 Å². The summed E-state index contributed by atoms with van der Waals surface area (Å²) < 4.78 is 0. The highest BCUT2D eigenvalue weighted by Crippen LogP contribution is 2.19. The Bertz CT molecular complexity index is 397. The lowest BCUT2D eigenvalue weighted by atomic mass is 9.98. The van der Waals surface area contributed by atoms with Crippen LogP contribution in [0.5, 0.6) is 0 Å². The van der Waals surface area contributed by atoms with E-state index in [-0.39, 0.29) is 5.92 Å². The van der Waals surface area contributed by atoms with Crippen LogP contribution >= 0.6 is 0 Å². The molecule has 0 aliphatic rings. The van der Waals surface area contributed by atoms with Gasteiger partial charge < -0.3 is 4.79 Å². The van der Waals surface area contributed by atoms with Gasteiger partial charge in [-0.05, 0) is 5.56 Å². The van der Waals surface area contributed by atoms with Gasteiger partial charge in [0.2, 0.25) is 0 Å². The smallest absolute Gasteiger partial charge is 0.133 e. The van der Waals surface area contributed by atoms with Crippen molar-refractivity contribution < 1.29 is 4.79 Å². The molecule has 4 nitrogen and oxygen atoms in total. The molecule has 0 amide bonds. The van der Waals surface area contributed by atoms with Gasteiger partial charge >= 0.3 is 0 Å². The van der Waals surface area contributed by atoms with Crippen molar-refractivity contribution in [3.63, 3.8) is 0 Å². The van der Waals surface area contributed by atoms with Crippen LogP contribution in [-0.2, 0) is 4.79 Å². The molecule has 1 heterocycles. The van der Waals surface area contributed by atoms with Crippen molar-refractivity contribution in [2.75, 3.05) is 0 Å². The molecule has 0 bridgehead atoms. The summed E-state index contributed by atoms with van der Waals surface area (Å²) in [5, 5.41) is 10.1. The van der Waals surface area contributed by atoms with Gasteiger partial charge in [0, 0.05) is 0 Å². The summed E-state index contributed by atoms with van der Waals surface area (Å²) in [5.41, 5.74) is 1.57. The molecule has 70 valence electrons. The Labute approximate surface area is 81.0 Å². The topological polar surface area (TPSA) is 58.6 Å². The van der Waals surface area contributed by atoms with Crippen molar-refractivity contribution >= 4 is 6.29 Å². The standard InChI is InChI=1S/C10H9N3O/c14-7-9(10-6-11-13-12-10)8-4-2-1-3-5-8/h1-7,9H,(H,11,12,13). The van der Waals surface area contributed by atoms with E-state index in [4.69, 9.17) is 0 Å². The molecule has 0 saturated carbocycles. The number of carbonyl (C=O) groups excluding carboxylic acids is 1. The average molecular weight is 187 g/mol. The van der Waals surface area contributed by atoms with Gasteiger partial charge in [-0.25, -0.2) is 0 Å². The largest absolute Gasteiger partial charge is 0.302 e. The van der Waals surface area contributed by atoms with Crippen LogP contribution in [0.15, 0.2) is 36.5 Å².